The highest BCUT2D eigenvalue weighted by Crippen LogP contribution is 2.25. The second-order valence-corrected chi connectivity index (χ2v) is 5.73. The first-order valence-corrected chi connectivity index (χ1v) is 7.77. The number of carbonyl (C=O) groups is 2. The topological polar surface area (TPSA) is 66.8 Å². The van der Waals surface area contributed by atoms with E-state index in [-0.39, 0.29) is 18.4 Å². The molecule has 2 unspecified atom stereocenters. The van der Waals surface area contributed by atoms with Crippen LogP contribution in [-0.4, -0.2) is 41.1 Å². The first kappa shape index (κ1) is 16.3. The lowest BCUT2D eigenvalue weighted by molar-refractivity contribution is -0.143. The van der Waals surface area contributed by atoms with Gasteiger partial charge < -0.3 is 14.7 Å². The standard InChI is InChI=1S/C17H23NO4/c1-3-9-22-14-6-4-5-13(10-14)11-16(19)18-8-7-15(12(18)2)17(20)21/h4-6,10,12,15H,3,7-9,11H2,1-2H3,(H,20,21). The van der Waals surface area contributed by atoms with E-state index < -0.39 is 11.9 Å². The predicted molar refractivity (Wildman–Crippen MR) is 82.8 cm³/mol. The minimum Gasteiger partial charge on any atom is -0.494 e. The number of ether oxygens (including phenoxy) is 1. The highest BCUT2D eigenvalue weighted by atomic mass is 16.5. The van der Waals surface area contributed by atoms with Crippen LogP contribution in [0.1, 0.15) is 32.3 Å². The number of rotatable bonds is 6. The minimum atomic E-state index is -0.822. The van der Waals surface area contributed by atoms with E-state index in [1.807, 2.05) is 38.1 Å². The highest BCUT2D eigenvalue weighted by molar-refractivity contribution is 5.81. The lowest BCUT2D eigenvalue weighted by atomic mass is 10.0. The van der Waals surface area contributed by atoms with Gasteiger partial charge in [-0.25, -0.2) is 0 Å². The number of hydrogen-bond acceptors (Lipinski definition) is 3. The molecule has 120 valence electrons. The van der Waals surface area contributed by atoms with Gasteiger partial charge in [-0.3, -0.25) is 9.59 Å². The molecule has 22 heavy (non-hydrogen) atoms. The number of carboxylic acids is 1. The van der Waals surface area contributed by atoms with Crippen molar-refractivity contribution in [3.8, 4) is 5.75 Å². The number of benzene rings is 1. The number of likely N-dealkylation sites (tertiary alicyclic amines) is 1. The Balaban J connectivity index is 1.99. The van der Waals surface area contributed by atoms with Gasteiger partial charge in [-0.2, -0.15) is 0 Å². The molecule has 0 aliphatic carbocycles. The Morgan fingerprint density at radius 3 is 2.82 bits per heavy atom. The van der Waals surface area contributed by atoms with E-state index in [1.165, 1.54) is 0 Å². The average Bonchev–Trinajstić information content (AvgIpc) is 2.87. The number of nitrogens with zero attached hydrogens (tertiary/aromatic N) is 1. The zero-order valence-electron chi connectivity index (χ0n) is 13.1. The van der Waals surface area contributed by atoms with Crippen molar-refractivity contribution in [1.29, 1.82) is 0 Å². The van der Waals surface area contributed by atoms with Gasteiger partial charge in [0.25, 0.3) is 0 Å². The van der Waals surface area contributed by atoms with E-state index in [2.05, 4.69) is 0 Å². The van der Waals surface area contributed by atoms with Crippen LogP contribution in [0.25, 0.3) is 0 Å². The van der Waals surface area contributed by atoms with Crippen molar-refractivity contribution >= 4 is 11.9 Å². The van der Waals surface area contributed by atoms with Crippen LogP contribution >= 0.6 is 0 Å². The van der Waals surface area contributed by atoms with E-state index in [9.17, 15) is 9.59 Å². The number of aliphatic carboxylic acids is 1. The van der Waals surface area contributed by atoms with Gasteiger partial charge in [0.1, 0.15) is 5.75 Å². The molecule has 5 nitrogen and oxygen atoms in total. The Morgan fingerprint density at radius 1 is 1.41 bits per heavy atom. The largest absolute Gasteiger partial charge is 0.494 e. The zero-order valence-corrected chi connectivity index (χ0v) is 13.1. The molecule has 1 aliphatic heterocycles. The molecule has 0 bridgehead atoms. The van der Waals surface area contributed by atoms with Gasteiger partial charge >= 0.3 is 5.97 Å². The van der Waals surface area contributed by atoms with Crippen LogP contribution < -0.4 is 4.74 Å². The van der Waals surface area contributed by atoms with Gasteiger partial charge in [-0.1, -0.05) is 19.1 Å². The molecule has 1 aromatic rings. The average molecular weight is 305 g/mol. The summed E-state index contributed by atoms with van der Waals surface area (Å²) in [6, 6.07) is 7.28. The van der Waals surface area contributed by atoms with Crippen LogP contribution in [0.5, 0.6) is 5.75 Å². The van der Waals surface area contributed by atoms with Gasteiger partial charge in [0.15, 0.2) is 0 Å². The van der Waals surface area contributed by atoms with Crippen LogP contribution in [0, 0.1) is 5.92 Å². The van der Waals surface area contributed by atoms with Crippen LogP contribution in [0.15, 0.2) is 24.3 Å². The molecule has 1 fully saturated rings. The summed E-state index contributed by atoms with van der Waals surface area (Å²) in [5.41, 5.74) is 0.893. The summed E-state index contributed by atoms with van der Waals surface area (Å²) < 4.78 is 5.57. The number of amides is 1. The van der Waals surface area contributed by atoms with Crippen molar-refractivity contribution in [3.63, 3.8) is 0 Å². The smallest absolute Gasteiger partial charge is 0.308 e. The molecule has 0 saturated carbocycles. The van der Waals surface area contributed by atoms with Crippen LogP contribution in [0.4, 0.5) is 0 Å². The minimum absolute atomic E-state index is 0.0242. The van der Waals surface area contributed by atoms with E-state index in [0.717, 1.165) is 17.7 Å². The Hall–Kier alpha value is -2.04. The molecule has 5 heteroatoms. The molecule has 1 heterocycles. The quantitative estimate of drug-likeness (QED) is 0.876. The maximum atomic E-state index is 12.4. The molecule has 2 rings (SSSR count). The second-order valence-electron chi connectivity index (χ2n) is 5.73. The van der Waals surface area contributed by atoms with Crippen molar-refractivity contribution < 1.29 is 19.4 Å². The van der Waals surface area contributed by atoms with E-state index >= 15 is 0 Å². The molecule has 1 amide bonds. The molecular weight excluding hydrogens is 282 g/mol. The normalized spacial score (nSPS) is 20.9. The third-order valence-corrected chi connectivity index (χ3v) is 4.12. The third kappa shape index (κ3) is 3.78. The summed E-state index contributed by atoms with van der Waals surface area (Å²) >= 11 is 0. The van der Waals surface area contributed by atoms with Gasteiger partial charge in [-0.15, -0.1) is 0 Å². The monoisotopic (exact) mass is 305 g/mol. The molecule has 1 saturated heterocycles. The van der Waals surface area contributed by atoms with Crippen LogP contribution in [0.3, 0.4) is 0 Å². The summed E-state index contributed by atoms with van der Waals surface area (Å²) in [5.74, 6) is -0.533. The Morgan fingerprint density at radius 2 is 2.18 bits per heavy atom. The molecule has 2 atom stereocenters. The molecule has 1 N–H and O–H groups in total. The lowest BCUT2D eigenvalue weighted by Crippen LogP contribution is -2.38. The number of carboxylic acid groups (broad SMARTS) is 1. The Labute approximate surface area is 130 Å². The van der Waals surface area contributed by atoms with E-state index in [4.69, 9.17) is 9.84 Å². The highest BCUT2D eigenvalue weighted by Gasteiger charge is 2.37. The third-order valence-electron chi connectivity index (χ3n) is 4.12. The Bertz CT molecular complexity index is 543. The SMILES string of the molecule is CCCOc1cccc(CC(=O)N2CCC(C(=O)O)C2C)c1. The summed E-state index contributed by atoms with van der Waals surface area (Å²) in [4.78, 5) is 25.2. The fourth-order valence-corrected chi connectivity index (χ4v) is 2.86. The number of hydrogen-bond donors (Lipinski definition) is 1. The van der Waals surface area contributed by atoms with Gasteiger partial charge in [0.2, 0.25) is 5.91 Å². The predicted octanol–water partition coefficient (Wildman–Crippen LogP) is 2.34. The summed E-state index contributed by atoms with van der Waals surface area (Å²) in [6.45, 7) is 5.02. The molecule has 1 aliphatic rings. The molecule has 0 aromatic heterocycles. The molecule has 0 spiro atoms. The number of carbonyl (C=O) groups excluding carboxylic acids is 1. The van der Waals surface area contributed by atoms with Crippen molar-refractivity contribution in [2.75, 3.05) is 13.2 Å². The van der Waals surface area contributed by atoms with Gasteiger partial charge in [-0.05, 0) is 37.5 Å². The Kier molecular flexibility index (Phi) is 5.41. The van der Waals surface area contributed by atoms with Crippen molar-refractivity contribution in [1.82, 2.24) is 4.90 Å². The lowest BCUT2D eigenvalue weighted by Gasteiger charge is -2.23. The van der Waals surface area contributed by atoms with Crippen molar-refractivity contribution in [2.45, 2.75) is 39.2 Å². The first-order chi connectivity index (χ1) is 10.5. The fourth-order valence-electron chi connectivity index (χ4n) is 2.86. The summed E-state index contributed by atoms with van der Waals surface area (Å²) in [7, 11) is 0. The fraction of sp³-hybridized carbons (Fsp3) is 0.529. The molecular formula is C17H23NO4. The van der Waals surface area contributed by atoms with Crippen LogP contribution in [0.2, 0.25) is 0 Å². The van der Waals surface area contributed by atoms with Gasteiger partial charge in [0.05, 0.1) is 18.9 Å². The van der Waals surface area contributed by atoms with E-state index in [0.29, 0.717) is 19.6 Å². The van der Waals surface area contributed by atoms with Crippen molar-refractivity contribution in [3.05, 3.63) is 29.8 Å². The van der Waals surface area contributed by atoms with Crippen molar-refractivity contribution in [2.24, 2.45) is 5.92 Å². The maximum Gasteiger partial charge on any atom is 0.308 e. The summed E-state index contributed by atoms with van der Waals surface area (Å²) in [5, 5.41) is 9.14. The molecule has 0 radical (unpaired) electrons. The zero-order chi connectivity index (χ0) is 16.1. The first-order valence-electron chi connectivity index (χ1n) is 7.77. The van der Waals surface area contributed by atoms with Crippen LogP contribution in [-0.2, 0) is 16.0 Å². The summed E-state index contributed by atoms with van der Waals surface area (Å²) in [6.07, 6.45) is 1.74. The molecule has 1 aromatic carbocycles. The van der Waals surface area contributed by atoms with E-state index in [1.54, 1.807) is 4.90 Å². The second kappa shape index (κ2) is 7.29. The van der Waals surface area contributed by atoms with Gasteiger partial charge in [0, 0.05) is 12.6 Å². The maximum absolute atomic E-state index is 12.4.